The van der Waals surface area contributed by atoms with Gasteiger partial charge in [-0.1, -0.05) is 12.1 Å². The molecule has 0 aliphatic carbocycles. The monoisotopic (exact) mass is 388 g/mol. The second-order valence-electron chi connectivity index (χ2n) is 6.29. The number of carboxylic acid groups (broad SMARTS) is 1. The number of carboxylic acids is 1. The van der Waals surface area contributed by atoms with Crippen LogP contribution in [0, 0.1) is 6.92 Å². The van der Waals surface area contributed by atoms with Gasteiger partial charge in [0, 0.05) is 31.3 Å². The molecule has 0 fully saturated rings. The molecule has 0 spiro atoms. The molecular weight excluding hydrogens is 364 g/mol. The van der Waals surface area contributed by atoms with Gasteiger partial charge in [0.25, 0.3) is 5.91 Å². The topological polar surface area (TPSA) is 125 Å². The van der Waals surface area contributed by atoms with Crippen molar-refractivity contribution < 1.29 is 24.2 Å². The fourth-order valence-corrected chi connectivity index (χ4v) is 2.67. The summed E-state index contributed by atoms with van der Waals surface area (Å²) in [4.78, 5) is 44.1. The second-order valence-corrected chi connectivity index (χ2v) is 6.29. The van der Waals surface area contributed by atoms with Crippen molar-refractivity contribution in [2.45, 2.75) is 26.8 Å². The van der Waals surface area contributed by atoms with Gasteiger partial charge in [0.2, 0.25) is 5.91 Å². The molecule has 0 radical (unpaired) electrons. The van der Waals surface area contributed by atoms with Gasteiger partial charge in [-0.2, -0.15) is 0 Å². The van der Waals surface area contributed by atoms with Gasteiger partial charge in [-0.05, 0) is 26.0 Å². The van der Waals surface area contributed by atoms with E-state index < -0.39 is 17.9 Å². The number of methoxy groups -OCH3 is 1. The smallest absolute Gasteiger partial charge is 0.326 e. The quantitative estimate of drug-likeness (QED) is 0.629. The van der Waals surface area contributed by atoms with Crippen LogP contribution in [0.15, 0.2) is 24.3 Å². The Labute approximate surface area is 162 Å². The number of nitrogens with one attached hydrogen (secondary N) is 2. The van der Waals surface area contributed by atoms with E-state index in [2.05, 4.69) is 15.3 Å². The third-order valence-electron chi connectivity index (χ3n) is 4.24. The summed E-state index contributed by atoms with van der Waals surface area (Å²) >= 11 is 0. The Hall–Kier alpha value is -3.36. The molecule has 1 heterocycles. The summed E-state index contributed by atoms with van der Waals surface area (Å²) in [6.07, 6.45) is 0. The van der Waals surface area contributed by atoms with Crippen molar-refractivity contribution in [3.05, 3.63) is 35.7 Å². The average Bonchev–Trinajstić information content (AvgIpc) is 3.05. The van der Waals surface area contributed by atoms with Crippen LogP contribution >= 0.6 is 0 Å². The first-order valence-corrected chi connectivity index (χ1v) is 8.73. The number of imidazole rings is 1. The molecule has 2 rings (SSSR count). The van der Waals surface area contributed by atoms with E-state index in [1.165, 1.54) is 18.7 Å². The van der Waals surface area contributed by atoms with E-state index in [0.29, 0.717) is 17.3 Å². The van der Waals surface area contributed by atoms with Crippen molar-refractivity contribution in [3.8, 4) is 17.1 Å². The number of H-pyrrole nitrogens is 1. The van der Waals surface area contributed by atoms with E-state index >= 15 is 0 Å². The minimum atomic E-state index is -1.14. The van der Waals surface area contributed by atoms with Crippen LogP contribution in [-0.2, 0) is 9.59 Å². The Kier molecular flexibility index (Phi) is 6.75. The number of ether oxygens (including phenoxy) is 1. The molecule has 1 unspecified atom stereocenters. The lowest BCUT2D eigenvalue weighted by atomic mass is 10.2. The number of amides is 2. The lowest BCUT2D eigenvalue weighted by Crippen LogP contribution is -2.47. The fraction of sp³-hybridized carbons (Fsp3) is 0.368. The maximum Gasteiger partial charge on any atom is 0.326 e. The predicted octanol–water partition coefficient (Wildman–Crippen LogP) is 1.45. The minimum Gasteiger partial charge on any atom is -0.497 e. The Morgan fingerprint density at radius 1 is 1.36 bits per heavy atom. The Morgan fingerprint density at radius 2 is 2.07 bits per heavy atom. The predicted molar refractivity (Wildman–Crippen MR) is 102 cm³/mol. The SMILES string of the molecule is COc1cccc(-c2nc(C(=O)N(CCNC(C)=O)C(C)C(=O)O)c(C)[nH]2)c1. The molecule has 9 nitrogen and oxygen atoms in total. The zero-order valence-electron chi connectivity index (χ0n) is 16.3. The number of hydrogen-bond acceptors (Lipinski definition) is 5. The Bertz CT molecular complexity index is 877. The summed E-state index contributed by atoms with van der Waals surface area (Å²) in [7, 11) is 1.56. The van der Waals surface area contributed by atoms with E-state index in [4.69, 9.17) is 4.74 Å². The third-order valence-corrected chi connectivity index (χ3v) is 4.24. The minimum absolute atomic E-state index is 0.0483. The van der Waals surface area contributed by atoms with Crippen molar-refractivity contribution in [1.29, 1.82) is 0 Å². The first-order valence-electron chi connectivity index (χ1n) is 8.73. The van der Waals surface area contributed by atoms with Gasteiger partial charge in [-0.3, -0.25) is 9.59 Å². The average molecular weight is 388 g/mol. The lowest BCUT2D eigenvalue weighted by Gasteiger charge is -2.26. The van der Waals surface area contributed by atoms with Crippen molar-refractivity contribution in [3.63, 3.8) is 0 Å². The van der Waals surface area contributed by atoms with E-state index in [0.717, 1.165) is 5.56 Å². The van der Waals surface area contributed by atoms with Crippen LogP contribution in [-0.4, -0.2) is 64.0 Å². The lowest BCUT2D eigenvalue weighted by molar-refractivity contribution is -0.141. The molecular formula is C19H24N4O5. The number of aryl methyl sites for hydroxylation is 1. The molecule has 3 N–H and O–H groups in total. The number of aromatic amines is 1. The molecule has 1 aromatic heterocycles. The van der Waals surface area contributed by atoms with Gasteiger partial charge in [-0.15, -0.1) is 0 Å². The molecule has 0 aliphatic heterocycles. The van der Waals surface area contributed by atoms with Gasteiger partial charge in [-0.25, -0.2) is 9.78 Å². The fourth-order valence-electron chi connectivity index (χ4n) is 2.67. The first kappa shape index (κ1) is 20.9. The highest BCUT2D eigenvalue weighted by atomic mass is 16.5. The first-order chi connectivity index (χ1) is 13.2. The summed E-state index contributed by atoms with van der Waals surface area (Å²) in [6.45, 7) is 4.66. The van der Waals surface area contributed by atoms with Crippen LogP contribution in [0.3, 0.4) is 0 Å². The molecule has 0 saturated carbocycles. The number of carbonyl (C=O) groups is 3. The molecule has 0 aliphatic rings. The van der Waals surface area contributed by atoms with E-state index in [9.17, 15) is 19.5 Å². The highest BCUT2D eigenvalue weighted by Gasteiger charge is 2.29. The van der Waals surface area contributed by atoms with E-state index in [-0.39, 0.29) is 24.7 Å². The molecule has 1 atom stereocenters. The van der Waals surface area contributed by atoms with Crippen LogP contribution in [0.5, 0.6) is 5.75 Å². The number of aromatic nitrogens is 2. The van der Waals surface area contributed by atoms with Gasteiger partial charge in [0.1, 0.15) is 23.3 Å². The number of rotatable bonds is 8. The van der Waals surface area contributed by atoms with Crippen molar-refractivity contribution in [1.82, 2.24) is 20.2 Å². The normalized spacial score (nSPS) is 11.6. The number of aliphatic carboxylic acids is 1. The zero-order valence-corrected chi connectivity index (χ0v) is 16.3. The largest absolute Gasteiger partial charge is 0.497 e. The third kappa shape index (κ3) is 4.87. The highest BCUT2D eigenvalue weighted by molar-refractivity contribution is 5.96. The molecule has 0 bridgehead atoms. The van der Waals surface area contributed by atoms with Crippen LogP contribution in [0.25, 0.3) is 11.4 Å². The number of carbonyl (C=O) groups excluding carboxylic acids is 2. The van der Waals surface area contributed by atoms with Crippen LogP contribution in [0.1, 0.15) is 30.0 Å². The molecule has 2 amide bonds. The summed E-state index contributed by atoms with van der Waals surface area (Å²) in [5.41, 5.74) is 1.39. The zero-order chi connectivity index (χ0) is 20.8. The number of benzene rings is 1. The van der Waals surface area contributed by atoms with Gasteiger partial charge >= 0.3 is 5.97 Å². The highest BCUT2D eigenvalue weighted by Crippen LogP contribution is 2.23. The summed E-state index contributed by atoms with van der Waals surface area (Å²) in [5.74, 6) is -0.799. The molecule has 150 valence electrons. The van der Waals surface area contributed by atoms with Crippen molar-refractivity contribution >= 4 is 17.8 Å². The summed E-state index contributed by atoms with van der Waals surface area (Å²) < 4.78 is 5.20. The maximum atomic E-state index is 13.0. The Balaban J connectivity index is 2.31. The summed E-state index contributed by atoms with van der Waals surface area (Å²) in [5, 5.41) is 11.9. The van der Waals surface area contributed by atoms with Gasteiger partial charge < -0.3 is 25.0 Å². The molecule has 2 aromatic rings. The standard InChI is InChI=1S/C19H24N4O5/c1-11-16(22-17(21-11)14-6-5-7-15(10-14)28-4)18(25)23(12(2)19(26)27)9-8-20-13(3)24/h5-7,10,12H,8-9H2,1-4H3,(H,20,24)(H,21,22)(H,26,27). The maximum absolute atomic E-state index is 13.0. The second kappa shape index (κ2) is 9.03. The molecule has 28 heavy (non-hydrogen) atoms. The Morgan fingerprint density at radius 3 is 2.68 bits per heavy atom. The van der Waals surface area contributed by atoms with Crippen LogP contribution < -0.4 is 10.1 Å². The van der Waals surface area contributed by atoms with Gasteiger partial charge in [0.15, 0.2) is 0 Å². The van der Waals surface area contributed by atoms with Crippen molar-refractivity contribution in [2.75, 3.05) is 20.2 Å². The number of nitrogens with zero attached hydrogens (tertiary/aromatic N) is 2. The van der Waals surface area contributed by atoms with E-state index in [1.807, 2.05) is 6.07 Å². The summed E-state index contributed by atoms with van der Waals surface area (Å²) in [6, 6.07) is 6.13. The van der Waals surface area contributed by atoms with Gasteiger partial charge in [0.05, 0.1) is 7.11 Å². The molecule has 1 aromatic carbocycles. The van der Waals surface area contributed by atoms with Crippen LogP contribution in [0.4, 0.5) is 0 Å². The van der Waals surface area contributed by atoms with Crippen LogP contribution in [0.2, 0.25) is 0 Å². The van der Waals surface area contributed by atoms with Crippen molar-refractivity contribution in [2.24, 2.45) is 0 Å². The van der Waals surface area contributed by atoms with E-state index in [1.54, 1.807) is 32.2 Å². The molecule has 0 saturated heterocycles. The number of hydrogen-bond donors (Lipinski definition) is 3. The molecule has 9 heteroatoms.